The number of ether oxygens (including phenoxy) is 1. The normalized spacial score (nSPS) is 11.2. The van der Waals surface area contributed by atoms with Crippen molar-refractivity contribution in [3.63, 3.8) is 0 Å². The van der Waals surface area contributed by atoms with Crippen molar-refractivity contribution >= 4 is 17.5 Å². The van der Waals surface area contributed by atoms with E-state index >= 15 is 0 Å². The molecule has 0 saturated carbocycles. The van der Waals surface area contributed by atoms with Crippen molar-refractivity contribution in [2.75, 3.05) is 38.7 Å². The van der Waals surface area contributed by atoms with Gasteiger partial charge in [-0.2, -0.15) is 0 Å². The Morgan fingerprint density at radius 3 is 2.39 bits per heavy atom. The van der Waals surface area contributed by atoms with Crippen molar-refractivity contribution in [1.82, 2.24) is 10.2 Å². The molecule has 0 radical (unpaired) electrons. The summed E-state index contributed by atoms with van der Waals surface area (Å²) in [5.41, 5.74) is 2.27. The molecule has 0 unspecified atom stereocenters. The minimum atomic E-state index is -0.648. The van der Waals surface area contributed by atoms with Crippen molar-refractivity contribution in [3.8, 4) is 12.3 Å². The average molecular weight is 388 g/mol. The minimum absolute atomic E-state index is 0.0764. The molecule has 0 spiro atoms. The molecule has 0 atom stereocenters. The molecule has 0 aliphatic carbocycles. The standard InChI is InChI=1S/C22H33N3O3/c1-7-22(8-2,9-3)24-21(27)16-25(13-14-28-6)15-20(26)23-19-12-10-11-17(4)18(19)5/h1,10-12H,8-9,13-16H2,2-6H3,(H,23,26)(H,24,27). The molecule has 154 valence electrons. The number of nitrogens with zero attached hydrogens (tertiary/aromatic N) is 1. The monoisotopic (exact) mass is 387 g/mol. The molecule has 2 amide bonds. The second-order valence-corrected chi connectivity index (χ2v) is 6.98. The Morgan fingerprint density at radius 2 is 1.82 bits per heavy atom. The molecular formula is C22H33N3O3. The van der Waals surface area contributed by atoms with E-state index in [1.165, 1.54) is 0 Å². The maximum atomic E-state index is 12.5. The van der Waals surface area contributed by atoms with Gasteiger partial charge in [0.2, 0.25) is 11.8 Å². The lowest BCUT2D eigenvalue weighted by Gasteiger charge is -2.29. The average Bonchev–Trinajstić information content (AvgIpc) is 2.68. The lowest BCUT2D eigenvalue weighted by molar-refractivity contribution is -0.124. The second kappa shape index (κ2) is 11.5. The SMILES string of the molecule is C#CC(CC)(CC)NC(=O)CN(CCOC)CC(=O)Nc1cccc(C)c1C. The highest BCUT2D eigenvalue weighted by molar-refractivity contribution is 5.93. The van der Waals surface area contributed by atoms with Crippen molar-refractivity contribution in [2.24, 2.45) is 0 Å². The number of carbonyl (C=O) groups is 2. The summed E-state index contributed by atoms with van der Waals surface area (Å²) in [5, 5.41) is 5.86. The molecule has 6 nitrogen and oxygen atoms in total. The van der Waals surface area contributed by atoms with Crippen LogP contribution >= 0.6 is 0 Å². The van der Waals surface area contributed by atoms with Crippen molar-refractivity contribution < 1.29 is 14.3 Å². The van der Waals surface area contributed by atoms with Crippen LogP contribution in [0.3, 0.4) is 0 Å². The zero-order valence-electron chi connectivity index (χ0n) is 17.7. The summed E-state index contributed by atoms with van der Waals surface area (Å²) in [5.74, 6) is 2.32. The molecule has 28 heavy (non-hydrogen) atoms. The van der Waals surface area contributed by atoms with Crippen LogP contribution in [-0.4, -0.2) is 55.6 Å². The van der Waals surface area contributed by atoms with Gasteiger partial charge >= 0.3 is 0 Å². The number of terminal acetylenes is 1. The van der Waals surface area contributed by atoms with E-state index in [-0.39, 0.29) is 24.9 Å². The predicted octanol–water partition coefficient (Wildman–Crippen LogP) is 2.50. The third-order valence-corrected chi connectivity index (χ3v) is 5.09. The van der Waals surface area contributed by atoms with Gasteiger partial charge in [0, 0.05) is 19.3 Å². The first-order chi connectivity index (χ1) is 13.3. The van der Waals surface area contributed by atoms with Crippen LogP contribution in [0, 0.1) is 26.2 Å². The zero-order valence-corrected chi connectivity index (χ0v) is 17.7. The third kappa shape index (κ3) is 6.99. The Morgan fingerprint density at radius 1 is 1.18 bits per heavy atom. The summed E-state index contributed by atoms with van der Waals surface area (Å²) in [4.78, 5) is 26.8. The molecule has 0 aliphatic rings. The fourth-order valence-corrected chi connectivity index (χ4v) is 2.89. The molecule has 1 aromatic rings. The van der Waals surface area contributed by atoms with Gasteiger partial charge in [-0.1, -0.05) is 31.9 Å². The quantitative estimate of drug-likeness (QED) is 0.573. The Kier molecular flexibility index (Phi) is 9.70. The molecule has 0 saturated heterocycles. The van der Waals surface area contributed by atoms with Gasteiger partial charge in [0.25, 0.3) is 0 Å². The second-order valence-electron chi connectivity index (χ2n) is 6.98. The lowest BCUT2D eigenvalue weighted by Crippen LogP contribution is -2.51. The number of rotatable bonds is 11. The molecule has 6 heteroatoms. The molecule has 1 aromatic carbocycles. The summed E-state index contributed by atoms with van der Waals surface area (Å²) in [6.45, 7) is 8.92. The van der Waals surface area contributed by atoms with E-state index in [1.807, 2.05) is 45.9 Å². The molecule has 0 fully saturated rings. The number of carbonyl (C=O) groups excluding carboxylic acids is 2. The van der Waals surface area contributed by atoms with E-state index in [4.69, 9.17) is 11.2 Å². The fraction of sp³-hybridized carbons (Fsp3) is 0.545. The summed E-state index contributed by atoms with van der Waals surface area (Å²) < 4.78 is 5.12. The first kappa shape index (κ1) is 23.7. The van der Waals surface area contributed by atoms with E-state index in [2.05, 4.69) is 16.6 Å². The van der Waals surface area contributed by atoms with Gasteiger partial charge in [0.15, 0.2) is 0 Å². The first-order valence-corrected chi connectivity index (χ1v) is 9.66. The molecule has 0 heterocycles. The van der Waals surface area contributed by atoms with Crippen LogP contribution in [0.1, 0.15) is 37.8 Å². The summed E-state index contributed by atoms with van der Waals surface area (Å²) in [7, 11) is 1.59. The maximum Gasteiger partial charge on any atom is 0.238 e. The molecule has 0 aromatic heterocycles. The molecule has 0 aliphatic heterocycles. The van der Waals surface area contributed by atoms with Crippen molar-refractivity contribution in [1.29, 1.82) is 0 Å². The van der Waals surface area contributed by atoms with Gasteiger partial charge in [0.1, 0.15) is 5.54 Å². The molecule has 1 rings (SSSR count). The summed E-state index contributed by atoms with van der Waals surface area (Å²) >= 11 is 0. The van der Waals surface area contributed by atoms with E-state index in [9.17, 15) is 9.59 Å². The number of amides is 2. The number of anilines is 1. The van der Waals surface area contributed by atoms with Crippen LogP contribution in [-0.2, 0) is 14.3 Å². The zero-order chi connectivity index (χ0) is 21.2. The van der Waals surface area contributed by atoms with Crippen molar-refractivity contribution in [2.45, 2.75) is 46.1 Å². The Labute approximate surface area is 169 Å². The van der Waals surface area contributed by atoms with Gasteiger partial charge in [-0.3, -0.25) is 14.5 Å². The highest BCUT2D eigenvalue weighted by Crippen LogP contribution is 2.18. The molecular weight excluding hydrogens is 354 g/mol. The number of aryl methyl sites for hydroxylation is 1. The lowest BCUT2D eigenvalue weighted by atomic mass is 9.94. The van der Waals surface area contributed by atoms with Crippen LogP contribution in [0.2, 0.25) is 0 Å². The molecule has 0 bridgehead atoms. The summed E-state index contributed by atoms with van der Waals surface area (Å²) in [6.07, 6.45) is 6.92. The van der Waals surface area contributed by atoms with E-state index in [0.29, 0.717) is 26.0 Å². The maximum absolute atomic E-state index is 12.5. The van der Waals surface area contributed by atoms with E-state index < -0.39 is 5.54 Å². The topological polar surface area (TPSA) is 70.7 Å². The number of benzene rings is 1. The van der Waals surface area contributed by atoms with Gasteiger partial charge < -0.3 is 15.4 Å². The Bertz CT molecular complexity index is 705. The smallest absolute Gasteiger partial charge is 0.238 e. The van der Waals surface area contributed by atoms with Gasteiger partial charge in [0.05, 0.1) is 19.7 Å². The number of methoxy groups -OCH3 is 1. The Balaban J connectivity index is 2.76. The number of hydrogen-bond acceptors (Lipinski definition) is 4. The highest BCUT2D eigenvalue weighted by Gasteiger charge is 2.26. The van der Waals surface area contributed by atoms with Crippen LogP contribution in [0.15, 0.2) is 18.2 Å². The van der Waals surface area contributed by atoms with E-state index in [1.54, 1.807) is 12.0 Å². The largest absolute Gasteiger partial charge is 0.383 e. The van der Waals surface area contributed by atoms with Gasteiger partial charge in [-0.15, -0.1) is 6.42 Å². The third-order valence-electron chi connectivity index (χ3n) is 5.09. The van der Waals surface area contributed by atoms with Crippen LogP contribution in [0.4, 0.5) is 5.69 Å². The van der Waals surface area contributed by atoms with Crippen LogP contribution in [0.25, 0.3) is 0 Å². The van der Waals surface area contributed by atoms with E-state index in [0.717, 1.165) is 16.8 Å². The highest BCUT2D eigenvalue weighted by atomic mass is 16.5. The van der Waals surface area contributed by atoms with Crippen LogP contribution in [0.5, 0.6) is 0 Å². The molecule has 2 N–H and O–H groups in total. The summed E-state index contributed by atoms with van der Waals surface area (Å²) in [6, 6.07) is 5.78. The van der Waals surface area contributed by atoms with Crippen molar-refractivity contribution in [3.05, 3.63) is 29.3 Å². The predicted molar refractivity (Wildman–Crippen MR) is 113 cm³/mol. The Hall–Kier alpha value is -2.36. The first-order valence-electron chi connectivity index (χ1n) is 9.66. The van der Waals surface area contributed by atoms with Crippen LogP contribution < -0.4 is 10.6 Å². The minimum Gasteiger partial charge on any atom is -0.383 e. The number of hydrogen-bond donors (Lipinski definition) is 2. The fourth-order valence-electron chi connectivity index (χ4n) is 2.89. The van der Waals surface area contributed by atoms with Gasteiger partial charge in [-0.25, -0.2) is 0 Å². The van der Waals surface area contributed by atoms with Gasteiger partial charge in [-0.05, 0) is 43.9 Å². The number of nitrogens with one attached hydrogen (secondary N) is 2.